The molecule has 3 fully saturated rings. The zero-order valence-electron chi connectivity index (χ0n) is 16.8. The monoisotopic (exact) mass is 398 g/mol. The molecule has 3 aliphatic rings. The van der Waals surface area contributed by atoms with Crippen LogP contribution in [0.25, 0.3) is 0 Å². The van der Waals surface area contributed by atoms with Crippen LogP contribution in [0.5, 0.6) is 0 Å². The van der Waals surface area contributed by atoms with Crippen LogP contribution in [0.4, 0.5) is 5.69 Å². The molecular weight excluding hydrogens is 372 g/mol. The van der Waals surface area contributed by atoms with E-state index in [1.807, 2.05) is 26.0 Å². The summed E-state index contributed by atoms with van der Waals surface area (Å²) < 4.78 is 5.02. The van der Waals surface area contributed by atoms with Gasteiger partial charge in [-0.3, -0.25) is 24.1 Å². The van der Waals surface area contributed by atoms with Crippen LogP contribution in [0, 0.1) is 37.5 Å². The Labute approximate surface area is 169 Å². The molecule has 7 heteroatoms. The van der Waals surface area contributed by atoms with Crippen molar-refractivity contribution in [3.8, 4) is 0 Å². The molecular formula is C22H26N2O5. The van der Waals surface area contributed by atoms with E-state index in [0.717, 1.165) is 30.4 Å². The zero-order chi connectivity index (χ0) is 20.7. The fraction of sp³-hybridized carbons (Fsp3) is 0.545. The van der Waals surface area contributed by atoms with Crippen molar-refractivity contribution in [1.82, 2.24) is 4.90 Å². The van der Waals surface area contributed by atoms with Gasteiger partial charge in [-0.25, -0.2) is 0 Å². The van der Waals surface area contributed by atoms with Gasteiger partial charge in [0.15, 0.2) is 6.61 Å². The van der Waals surface area contributed by atoms with Gasteiger partial charge in [-0.15, -0.1) is 0 Å². The molecule has 4 atom stereocenters. The number of ether oxygens (including phenoxy) is 1. The molecule has 3 amide bonds. The van der Waals surface area contributed by atoms with E-state index in [1.54, 1.807) is 6.07 Å². The van der Waals surface area contributed by atoms with Crippen molar-refractivity contribution >= 4 is 29.4 Å². The molecule has 0 radical (unpaired) electrons. The number of nitrogens with one attached hydrogen (secondary N) is 1. The summed E-state index contributed by atoms with van der Waals surface area (Å²) in [5.74, 6) is -0.993. The molecule has 4 rings (SSSR count). The van der Waals surface area contributed by atoms with Crippen LogP contribution in [0.2, 0.25) is 0 Å². The van der Waals surface area contributed by atoms with Crippen molar-refractivity contribution in [3.05, 3.63) is 29.3 Å². The molecule has 2 saturated carbocycles. The molecule has 0 unspecified atom stereocenters. The van der Waals surface area contributed by atoms with Gasteiger partial charge >= 0.3 is 5.97 Å². The predicted octanol–water partition coefficient (Wildman–Crippen LogP) is 2.21. The molecule has 1 aromatic rings. The Bertz CT molecular complexity index is 852. The number of carbonyl (C=O) groups is 4. The molecule has 0 spiro atoms. The van der Waals surface area contributed by atoms with E-state index in [2.05, 4.69) is 5.32 Å². The van der Waals surface area contributed by atoms with Crippen molar-refractivity contribution in [2.75, 3.05) is 18.5 Å². The molecule has 1 heterocycles. The number of hydrogen-bond acceptors (Lipinski definition) is 5. The second-order valence-electron chi connectivity index (χ2n) is 8.49. The molecule has 154 valence electrons. The lowest BCUT2D eigenvalue weighted by molar-refractivity contribution is -0.149. The highest BCUT2D eigenvalue weighted by atomic mass is 16.5. The summed E-state index contributed by atoms with van der Waals surface area (Å²) in [6.45, 7) is 3.49. The standard InChI is InChI=1S/C22H26N2O5/c1-12-3-6-16(13(2)9-12)23-17(25)11-29-18(26)7-8-24-21(27)19-14-4-5-15(10-14)20(19)22(24)28/h3,6,9,14-15,19-20H,4-5,7-8,10-11H2,1-2H3,(H,23,25)/t14-,15-,19+,20+/m0/s1. The van der Waals surface area contributed by atoms with Crippen molar-refractivity contribution < 1.29 is 23.9 Å². The average molecular weight is 398 g/mol. The third kappa shape index (κ3) is 3.66. The second-order valence-corrected chi connectivity index (χ2v) is 8.49. The van der Waals surface area contributed by atoms with Gasteiger partial charge < -0.3 is 10.1 Å². The van der Waals surface area contributed by atoms with Gasteiger partial charge in [0.05, 0.1) is 18.3 Å². The summed E-state index contributed by atoms with van der Waals surface area (Å²) in [6, 6.07) is 5.65. The number of fused-ring (bicyclic) bond motifs is 5. The first-order valence-electron chi connectivity index (χ1n) is 10.2. The minimum Gasteiger partial charge on any atom is -0.456 e. The van der Waals surface area contributed by atoms with Gasteiger partial charge in [0, 0.05) is 12.2 Å². The smallest absolute Gasteiger partial charge is 0.308 e. The van der Waals surface area contributed by atoms with Crippen LogP contribution in [0.1, 0.15) is 36.8 Å². The highest BCUT2D eigenvalue weighted by Gasteiger charge is 2.60. The number of benzene rings is 1. The molecule has 1 aromatic carbocycles. The van der Waals surface area contributed by atoms with E-state index in [4.69, 9.17) is 4.74 Å². The lowest BCUT2D eigenvalue weighted by Gasteiger charge is -2.19. The van der Waals surface area contributed by atoms with Crippen molar-refractivity contribution in [2.45, 2.75) is 39.5 Å². The summed E-state index contributed by atoms with van der Waals surface area (Å²) in [6.07, 6.45) is 2.94. The number of carbonyl (C=O) groups excluding carboxylic acids is 4. The van der Waals surface area contributed by atoms with E-state index >= 15 is 0 Å². The van der Waals surface area contributed by atoms with Gasteiger partial charge in [-0.1, -0.05) is 17.7 Å². The SMILES string of the molecule is Cc1ccc(NC(=O)COC(=O)CCN2C(=O)[C@@H]3[C@H]4CC[C@@H](C4)[C@H]3C2=O)c(C)c1. The molecule has 7 nitrogen and oxygen atoms in total. The summed E-state index contributed by atoms with van der Waals surface area (Å²) in [4.78, 5) is 50.5. The molecule has 2 aliphatic carbocycles. The van der Waals surface area contributed by atoms with E-state index in [9.17, 15) is 19.2 Å². The van der Waals surface area contributed by atoms with E-state index in [-0.39, 0.29) is 36.6 Å². The molecule has 29 heavy (non-hydrogen) atoms. The number of aryl methyl sites for hydroxylation is 2. The second kappa shape index (κ2) is 7.61. The molecule has 0 aromatic heterocycles. The zero-order valence-corrected chi connectivity index (χ0v) is 16.8. The highest BCUT2D eigenvalue weighted by molar-refractivity contribution is 6.06. The van der Waals surface area contributed by atoms with Gasteiger partial charge in [0.1, 0.15) is 0 Å². The fourth-order valence-corrected chi connectivity index (χ4v) is 5.25. The summed E-state index contributed by atoms with van der Waals surface area (Å²) in [7, 11) is 0. The minimum absolute atomic E-state index is 0.0294. The number of anilines is 1. The van der Waals surface area contributed by atoms with Gasteiger partial charge in [0.25, 0.3) is 5.91 Å². The first-order valence-corrected chi connectivity index (χ1v) is 10.2. The van der Waals surface area contributed by atoms with Crippen LogP contribution >= 0.6 is 0 Å². The first-order chi connectivity index (χ1) is 13.8. The summed E-state index contributed by atoms with van der Waals surface area (Å²) in [5.41, 5.74) is 2.69. The third-order valence-electron chi connectivity index (χ3n) is 6.58. The summed E-state index contributed by atoms with van der Waals surface area (Å²) in [5, 5.41) is 2.71. The van der Waals surface area contributed by atoms with Crippen LogP contribution < -0.4 is 5.32 Å². The van der Waals surface area contributed by atoms with Crippen LogP contribution in [0.15, 0.2) is 18.2 Å². The quantitative estimate of drug-likeness (QED) is 0.586. The van der Waals surface area contributed by atoms with Crippen LogP contribution in [0.3, 0.4) is 0 Å². The maximum atomic E-state index is 12.6. The Hall–Kier alpha value is -2.70. The number of rotatable bonds is 6. The number of hydrogen-bond donors (Lipinski definition) is 1. The molecule has 1 N–H and O–H groups in total. The van der Waals surface area contributed by atoms with Gasteiger partial charge in [0.2, 0.25) is 11.8 Å². The van der Waals surface area contributed by atoms with Crippen molar-refractivity contribution in [1.29, 1.82) is 0 Å². The van der Waals surface area contributed by atoms with Crippen LogP contribution in [-0.2, 0) is 23.9 Å². The van der Waals surface area contributed by atoms with Crippen molar-refractivity contribution in [3.63, 3.8) is 0 Å². The third-order valence-corrected chi connectivity index (χ3v) is 6.58. The fourth-order valence-electron chi connectivity index (χ4n) is 5.25. The van der Waals surface area contributed by atoms with Gasteiger partial charge in [-0.2, -0.15) is 0 Å². The maximum Gasteiger partial charge on any atom is 0.308 e. The first kappa shape index (κ1) is 19.6. The normalized spacial score (nSPS) is 27.3. The number of nitrogens with zero attached hydrogens (tertiary/aromatic N) is 1. The largest absolute Gasteiger partial charge is 0.456 e. The molecule has 2 bridgehead atoms. The minimum atomic E-state index is -0.596. The number of imide groups is 1. The van der Waals surface area contributed by atoms with E-state index in [1.165, 1.54) is 4.90 Å². The topological polar surface area (TPSA) is 92.8 Å². The Balaban J connectivity index is 1.24. The number of likely N-dealkylation sites (tertiary alicyclic amines) is 1. The number of esters is 1. The Morgan fingerprint density at radius 1 is 1.10 bits per heavy atom. The Kier molecular flexibility index (Phi) is 5.15. The van der Waals surface area contributed by atoms with Crippen molar-refractivity contribution in [2.24, 2.45) is 23.7 Å². The molecule has 1 saturated heterocycles. The lowest BCUT2D eigenvalue weighted by Crippen LogP contribution is -2.35. The highest BCUT2D eigenvalue weighted by Crippen LogP contribution is 2.56. The maximum absolute atomic E-state index is 12.6. The predicted molar refractivity (Wildman–Crippen MR) is 105 cm³/mol. The van der Waals surface area contributed by atoms with E-state index < -0.39 is 18.5 Å². The molecule has 1 aliphatic heterocycles. The lowest BCUT2D eigenvalue weighted by atomic mass is 9.81. The summed E-state index contributed by atoms with van der Waals surface area (Å²) >= 11 is 0. The average Bonchev–Trinajstić information content (AvgIpc) is 3.35. The van der Waals surface area contributed by atoms with Crippen LogP contribution in [-0.4, -0.2) is 41.7 Å². The van der Waals surface area contributed by atoms with E-state index in [0.29, 0.717) is 17.5 Å². The number of amides is 3. The van der Waals surface area contributed by atoms with Gasteiger partial charge in [-0.05, 0) is 56.6 Å². The Morgan fingerprint density at radius 3 is 2.38 bits per heavy atom. The Morgan fingerprint density at radius 2 is 1.76 bits per heavy atom.